The highest BCUT2D eigenvalue weighted by atomic mass is 32.1. The Morgan fingerprint density at radius 3 is 2.57 bits per heavy atom. The second kappa shape index (κ2) is 6.75. The summed E-state index contributed by atoms with van der Waals surface area (Å²) in [6, 6.07) is 0.545. The molecule has 0 radical (unpaired) electrons. The fourth-order valence-electron chi connectivity index (χ4n) is 2.91. The third kappa shape index (κ3) is 3.55. The largest absolute Gasteiger partial charge is 0.382 e. The molecule has 0 amide bonds. The Hall–Kier alpha value is -1.14. The summed E-state index contributed by atoms with van der Waals surface area (Å²) in [5, 5.41) is 7.90. The Morgan fingerprint density at radius 1 is 1.19 bits per heavy atom. The average Bonchev–Trinajstić information content (AvgIpc) is 2.99. The van der Waals surface area contributed by atoms with Crippen molar-refractivity contribution in [3.05, 3.63) is 10.4 Å². The van der Waals surface area contributed by atoms with Crippen molar-refractivity contribution in [1.82, 2.24) is 9.36 Å². The lowest BCUT2D eigenvalue weighted by Gasteiger charge is -2.21. The van der Waals surface area contributed by atoms with Crippen molar-refractivity contribution in [2.24, 2.45) is 0 Å². The Kier molecular flexibility index (Phi) is 4.75. The zero-order chi connectivity index (χ0) is 14.7. The first-order valence-corrected chi connectivity index (χ1v) is 9.33. The quantitative estimate of drug-likeness (QED) is 0.861. The maximum Gasteiger partial charge on any atom is 0.148 e. The highest BCUT2D eigenvalue weighted by Crippen LogP contribution is 2.38. The van der Waals surface area contributed by atoms with Crippen LogP contribution in [0.4, 0.5) is 10.8 Å². The lowest BCUT2D eigenvalue weighted by molar-refractivity contribution is 0.472. The molecule has 114 valence electrons. The highest BCUT2D eigenvalue weighted by molar-refractivity contribution is 7.11. The molecule has 2 aromatic rings. The molecular formula is C15H22N4S2. The Labute approximate surface area is 134 Å². The van der Waals surface area contributed by atoms with Crippen LogP contribution in [0.5, 0.6) is 0 Å². The van der Waals surface area contributed by atoms with Gasteiger partial charge in [0.2, 0.25) is 0 Å². The van der Waals surface area contributed by atoms with Gasteiger partial charge in [0.15, 0.2) is 0 Å². The molecule has 2 heterocycles. The molecule has 2 aromatic heterocycles. The van der Waals surface area contributed by atoms with Crippen LogP contribution >= 0.6 is 22.9 Å². The minimum atomic E-state index is 0.545. The molecular weight excluding hydrogens is 300 g/mol. The van der Waals surface area contributed by atoms with E-state index in [1.807, 2.05) is 6.92 Å². The minimum absolute atomic E-state index is 0.545. The topological polar surface area (TPSA) is 63.8 Å². The first kappa shape index (κ1) is 14.8. The van der Waals surface area contributed by atoms with E-state index in [4.69, 9.17) is 5.73 Å². The number of nitrogens with two attached hydrogens (primary N) is 1. The summed E-state index contributed by atoms with van der Waals surface area (Å²) in [5.74, 6) is 0.596. The maximum absolute atomic E-state index is 6.07. The third-order valence-electron chi connectivity index (χ3n) is 4.03. The normalized spacial score (nSPS) is 17.4. The van der Waals surface area contributed by atoms with E-state index in [1.165, 1.54) is 56.5 Å². The van der Waals surface area contributed by atoms with Gasteiger partial charge in [0.25, 0.3) is 0 Å². The molecule has 3 rings (SSSR count). The van der Waals surface area contributed by atoms with Gasteiger partial charge in [0.1, 0.15) is 10.8 Å². The number of anilines is 2. The number of nitrogens with zero attached hydrogens (tertiary/aromatic N) is 2. The third-order valence-corrected chi connectivity index (χ3v) is 5.60. The highest BCUT2D eigenvalue weighted by Gasteiger charge is 2.19. The Bertz CT molecular complexity index is 582. The van der Waals surface area contributed by atoms with Crippen molar-refractivity contribution in [3.8, 4) is 11.3 Å². The SMILES string of the molecule is Cc1nc(-c2c(N)nsc2NC2CCCCCCC2)cs1. The molecule has 1 saturated carbocycles. The van der Waals surface area contributed by atoms with Gasteiger partial charge in [-0.2, -0.15) is 4.37 Å². The van der Waals surface area contributed by atoms with Gasteiger partial charge in [0.05, 0.1) is 16.3 Å². The summed E-state index contributed by atoms with van der Waals surface area (Å²) in [7, 11) is 0. The lowest BCUT2D eigenvalue weighted by Crippen LogP contribution is -2.20. The van der Waals surface area contributed by atoms with Crippen LogP contribution < -0.4 is 11.1 Å². The standard InChI is InChI=1S/C15H22N4S2/c1-10-17-12(9-20-10)13-14(16)19-21-15(13)18-11-7-5-3-2-4-6-8-11/h9,11,18H,2-8H2,1H3,(H2,16,19). The van der Waals surface area contributed by atoms with E-state index in [1.54, 1.807) is 11.3 Å². The number of aryl methyl sites for hydroxylation is 1. The predicted octanol–water partition coefficient (Wildman–Crippen LogP) is 4.68. The van der Waals surface area contributed by atoms with Crippen molar-refractivity contribution in [2.75, 3.05) is 11.1 Å². The number of nitrogen functional groups attached to an aromatic ring is 1. The van der Waals surface area contributed by atoms with E-state index >= 15 is 0 Å². The second-order valence-electron chi connectivity index (χ2n) is 5.71. The van der Waals surface area contributed by atoms with E-state index in [9.17, 15) is 0 Å². The second-order valence-corrected chi connectivity index (χ2v) is 7.55. The molecule has 0 aliphatic heterocycles. The summed E-state index contributed by atoms with van der Waals surface area (Å²) < 4.78 is 4.33. The fourth-order valence-corrected chi connectivity index (χ4v) is 4.32. The first-order chi connectivity index (χ1) is 10.2. The fraction of sp³-hybridized carbons (Fsp3) is 0.600. The van der Waals surface area contributed by atoms with Gasteiger partial charge in [-0.15, -0.1) is 11.3 Å². The zero-order valence-electron chi connectivity index (χ0n) is 12.4. The van der Waals surface area contributed by atoms with Gasteiger partial charge < -0.3 is 11.1 Å². The molecule has 0 bridgehead atoms. The van der Waals surface area contributed by atoms with Crippen molar-refractivity contribution in [1.29, 1.82) is 0 Å². The summed E-state index contributed by atoms with van der Waals surface area (Å²) in [4.78, 5) is 4.57. The molecule has 0 atom stereocenters. The van der Waals surface area contributed by atoms with Gasteiger partial charge >= 0.3 is 0 Å². The number of hydrogen-bond donors (Lipinski definition) is 2. The average molecular weight is 323 g/mol. The van der Waals surface area contributed by atoms with Crippen molar-refractivity contribution in [2.45, 2.75) is 57.9 Å². The molecule has 6 heteroatoms. The van der Waals surface area contributed by atoms with Crippen molar-refractivity contribution in [3.63, 3.8) is 0 Å². The summed E-state index contributed by atoms with van der Waals surface area (Å²) >= 11 is 3.12. The molecule has 1 aliphatic rings. The predicted molar refractivity (Wildman–Crippen MR) is 92.1 cm³/mol. The van der Waals surface area contributed by atoms with E-state index < -0.39 is 0 Å². The number of nitrogens with one attached hydrogen (secondary N) is 1. The molecule has 0 saturated heterocycles. The molecule has 0 spiro atoms. The van der Waals surface area contributed by atoms with Gasteiger partial charge in [-0.3, -0.25) is 0 Å². The summed E-state index contributed by atoms with van der Waals surface area (Å²) in [6.07, 6.45) is 9.24. The van der Waals surface area contributed by atoms with Crippen LogP contribution in [-0.4, -0.2) is 15.4 Å². The summed E-state index contributed by atoms with van der Waals surface area (Å²) in [6.45, 7) is 2.02. The molecule has 21 heavy (non-hydrogen) atoms. The van der Waals surface area contributed by atoms with E-state index in [-0.39, 0.29) is 0 Å². The van der Waals surface area contributed by atoms with Gasteiger partial charge in [-0.05, 0) is 31.3 Å². The van der Waals surface area contributed by atoms with Gasteiger partial charge in [-0.25, -0.2) is 4.98 Å². The first-order valence-electron chi connectivity index (χ1n) is 7.68. The minimum Gasteiger partial charge on any atom is -0.382 e. The van der Waals surface area contributed by atoms with Crippen LogP contribution in [0.25, 0.3) is 11.3 Å². The van der Waals surface area contributed by atoms with Crippen LogP contribution in [0.1, 0.15) is 50.0 Å². The number of hydrogen-bond acceptors (Lipinski definition) is 6. The molecule has 0 aromatic carbocycles. The number of rotatable bonds is 3. The zero-order valence-corrected chi connectivity index (χ0v) is 14.0. The van der Waals surface area contributed by atoms with E-state index in [2.05, 4.69) is 20.1 Å². The molecule has 0 unspecified atom stereocenters. The van der Waals surface area contributed by atoms with Gasteiger partial charge in [0, 0.05) is 11.4 Å². The molecule has 1 fully saturated rings. The smallest absolute Gasteiger partial charge is 0.148 e. The Morgan fingerprint density at radius 2 is 1.90 bits per heavy atom. The lowest BCUT2D eigenvalue weighted by atomic mass is 9.97. The van der Waals surface area contributed by atoms with Crippen LogP contribution in [0, 0.1) is 6.92 Å². The Balaban J connectivity index is 1.79. The van der Waals surface area contributed by atoms with Crippen LogP contribution in [-0.2, 0) is 0 Å². The van der Waals surface area contributed by atoms with Crippen LogP contribution in [0.2, 0.25) is 0 Å². The number of aromatic nitrogens is 2. The maximum atomic E-state index is 6.07. The number of thiazole rings is 1. The monoisotopic (exact) mass is 322 g/mol. The van der Waals surface area contributed by atoms with Crippen molar-refractivity contribution >= 4 is 33.7 Å². The van der Waals surface area contributed by atoms with Crippen LogP contribution in [0.15, 0.2) is 5.38 Å². The molecule has 1 aliphatic carbocycles. The van der Waals surface area contributed by atoms with Crippen molar-refractivity contribution < 1.29 is 0 Å². The molecule has 3 N–H and O–H groups in total. The molecule has 4 nitrogen and oxygen atoms in total. The van der Waals surface area contributed by atoms with Crippen LogP contribution in [0.3, 0.4) is 0 Å². The van der Waals surface area contributed by atoms with E-state index in [0.717, 1.165) is 21.3 Å². The van der Waals surface area contributed by atoms with E-state index in [0.29, 0.717) is 11.9 Å². The summed E-state index contributed by atoms with van der Waals surface area (Å²) in [5.41, 5.74) is 8.02. The van der Waals surface area contributed by atoms with Gasteiger partial charge in [-0.1, -0.05) is 32.1 Å².